The highest BCUT2D eigenvalue weighted by Gasteiger charge is 2.20. The Hall–Kier alpha value is -4.40. The molecule has 4 rings (SSSR count). The van der Waals surface area contributed by atoms with Crippen molar-refractivity contribution in [1.29, 1.82) is 0 Å². The largest absolute Gasteiger partial charge is 0.492 e. The Balaban J connectivity index is 1.52. The molecule has 3 N–H and O–H groups in total. The van der Waals surface area contributed by atoms with E-state index < -0.39 is 6.04 Å². The normalized spacial score (nSPS) is 12.4. The average Bonchev–Trinajstić information content (AvgIpc) is 3.35. The van der Waals surface area contributed by atoms with Crippen LogP contribution in [0.5, 0.6) is 23.0 Å². The molecule has 9 nitrogen and oxygen atoms in total. The maximum absolute atomic E-state index is 12.9. The molecule has 0 radical (unpaired) electrons. The number of hydrogen-bond donors (Lipinski definition) is 3. The Bertz CT molecular complexity index is 1230. The molecule has 0 fully saturated rings. The molecule has 0 aliphatic carbocycles. The molecule has 1 heterocycles. The summed E-state index contributed by atoms with van der Waals surface area (Å²) in [6.07, 6.45) is 0. The minimum Gasteiger partial charge on any atom is -0.492 e. The van der Waals surface area contributed by atoms with Crippen molar-refractivity contribution in [3.8, 4) is 23.0 Å². The Morgan fingerprint density at radius 2 is 1.53 bits per heavy atom. The van der Waals surface area contributed by atoms with E-state index in [-0.39, 0.29) is 18.6 Å². The van der Waals surface area contributed by atoms with Gasteiger partial charge in [-0.3, -0.25) is 9.59 Å². The predicted octanol–water partition coefficient (Wildman–Crippen LogP) is 4.90. The Labute approximate surface area is 209 Å². The van der Waals surface area contributed by atoms with E-state index in [1.807, 2.05) is 19.9 Å². The number of amides is 2. The van der Waals surface area contributed by atoms with Crippen molar-refractivity contribution in [1.82, 2.24) is 0 Å². The van der Waals surface area contributed by atoms with Crippen LogP contribution in [0.1, 0.15) is 31.1 Å². The third-order valence-corrected chi connectivity index (χ3v) is 5.37. The summed E-state index contributed by atoms with van der Waals surface area (Å²) >= 11 is 0. The summed E-state index contributed by atoms with van der Waals surface area (Å²) in [6, 6.07) is 16.9. The molecule has 0 aromatic heterocycles. The van der Waals surface area contributed by atoms with Crippen molar-refractivity contribution in [2.75, 3.05) is 36.0 Å². The number of nitrogens with one attached hydrogen (secondary N) is 3. The number of rotatable bonds is 10. The van der Waals surface area contributed by atoms with Crippen LogP contribution in [0.2, 0.25) is 0 Å². The van der Waals surface area contributed by atoms with Crippen LogP contribution in [0.4, 0.5) is 17.1 Å². The topological polar surface area (TPSA) is 107 Å². The van der Waals surface area contributed by atoms with Gasteiger partial charge in [0.25, 0.3) is 5.91 Å². The number of benzene rings is 3. The molecule has 0 spiro atoms. The van der Waals surface area contributed by atoms with Crippen LogP contribution in [0.3, 0.4) is 0 Å². The molecule has 3 aromatic rings. The first-order valence-electron chi connectivity index (χ1n) is 11.8. The smallest absolute Gasteiger partial charge is 0.255 e. The van der Waals surface area contributed by atoms with Crippen LogP contribution in [-0.2, 0) is 4.79 Å². The molecular formula is C27H29N3O6. The maximum Gasteiger partial charge on any atom is 0.255 e. The third-order valence-electron chi connectivity index (χ3n) is 5.37. The van der Waals surface area contributed by atoms with Crippen LogP contribution in [-0.4, -0.2) is 37.9 Å². The van der Waals surface area contributed by atoms with Gasteiger partial charge in [-0.15, -0.1) is 0 Å². The molecule has 1 aliphatic rings. The van der Waals surface area contributed by atoms with Crippen molar-refractivity contribution in [2.24, 2.45) is 0 Å². The van der Waals surface area contributed by atoms with Gasteiger partial charge in [-0.1, -0.05) is 18.2 Å². The molecule has 2 amide bonds. The van der Waals surface area contributed by atoms with Crippen LogP contribution < -0.4 is 34.9 Å². The van der Waals surface area contributed by atoms with Gasteiger partial charge in [0, 0.05) is 29.4 Å². The van der Waals surface area contributed by atoms with Crippen LogP contribution >= 0.6 is 0 Å². The van der Waals surface area contributed by atoms with Gasteiger partial charge in [-0.25, -0.2) is 0 Å². The van der Waals surface area contributed by atoms with Crippen LogP contribution in [0.25, 0.3) is 0 Å². The second-order valence-electron chi connectivity index (χ2n) is 7.95. The zero-order valence-electron chi connectivity index (χ0n) is 20.4. The highest BCUT2D eigenvalue weighted by Crippen LogP contribution is 2.38. The number of hydrogen-bond acceptors (Lipinski definition) is 7. The second-order valence-corrected chi connectivity index (χ2v) is 7.95. The summed E-state index contributed by atoms with van der Waals surface area (Å²) in [5.41, 5.74) is 2.15. The van der Waals surface area contributed by atoms with E-state index in [4.69, 9.17) is 18.9 Å². The van der Waals surface area contributed by atoms with E-state index in [0.717, 1.165) is 0 Å². The van der Waals surface area contributed by atoms with Gasteiger partial charge in [0.05, 0.1) is 24.6 Å². The van der Waals surface area contributed by atoms with Gasteiger partial charge in [-0.05, 0) is 45.0 Å². The van der Waals surface area contributed by atoms with E-state index in [1.54, 1.807) is 61.5 Å². The maximum atomic E-state index is 12.9. The number of carbonyl (C=O) groups excluding carboxylic acids is 2. The lowest BCUT2D eigenvalue weighted by Crippen LogP contribution is -2.32. The number of anilines is 3. The van der Waals surface area contributed by atoms with Gasteiger partial charge in [0.15, 0.2) is 11.5 Å². The standard InChI is InChI=1S/C27H29N3O6/c1-4-33-23-15-21(30-27(32)18-9-7-6-8-10-18)24(34-5-2)14-20(23)28-17(3)26(31)29-19-11-12-22-25(13-19)36-16-35-22/h6-15,17,28H,4-5,16H2,1-3H3,(H,29,31)(H,30,32). The lowest BCUT2D eigenvalue weighted by molar-refractivity contribution is -0.116. The van der Waals surface area contributed by atoms with E-state index in [0.29, 0.717) is 58.8 Å². The quantitative estimate of drug-likeness (QED) is 0.370. The highest BCUT2D eigenvalue weighted by atomic mass is 16.7. The summed E-state index contributed by atoms with van der Waals surface area (Å²) in [6.45, 7) is 6.40. The second kappa shape index (κ2) is 11.4. The molecular weight excluding hydrogens is 462 g/mol. The molecule has 3 aromatic carbocycles. The zero-order chi connectivity index (χ0) is 25.5. The molecule has 1 unspecified atom stereocenters. The van der Waals surface area contributed by atoms with Crippen molar-refractivity contribution in [3.63, 3.8) is 0 Å². The Kier molecular flexibility index (Phi) is 7.79. The molecule has 36 heavy (non-hydrogen) atoms. The van der Waals surface area contributed by atoms with E-state index in [2.05, 4.69) is 16.0 Å². The lowest BCUT2D eigenvalue weighted by atomic mass is 10.1. The van der Waals surface area contributed by atoms with Crippen LogP contribution in [0.15, 0.2) is 60.7 Å². The first-order chi connectivity index (χ1) is 17.5. The van der Waals surface area contributed by atoms with E-state index in [9.17, 15) is 9.59 Å². The Morgan fingerprint density at radius 3 is 2.25 bits per heavy atom. The van der Waals surface area contributed by atoms with Crippen molar-refractivity contribution in [3.05, 3.63) is 66.2 Å². The summed E-state index contributed by atoms with van der Waals surface area (Å²) in [5.74, 6) is 1.64. The molecule has 188 valence electrons. The van der Waals surface area contributed by atoms with Gasteiger partial charge in [-0.2, -0.15) is 0 Å². The lowest BCUT2D eigenvalue weighted by Gasteiger charge is -2.21. The average molecular weight is 492 g/mol. The fourth-order valence-corrected chi connectivity index (χ4v) is 3.63. The van der Waals surface area contributed by atoms with Gasteiger partial charge >= 0.3 is 0 Å². The minimum atomic E-state index is -0.617. The monoisotopic (exact) mass is 491 g/mol. The van der Waals surface area contributed by atoms with E-state index in [1.165, 1.54) is 0 Å². The van der Waals surface area contributed by atoms with Crippen molar-refractivity contribution in [2.45, 2.75) is 26.8 Å². The number of carbonyl (C=O) groups is 2. The fraction of sp³-hybridized carbons (Fsp3) is 0.259. The van der Waals surface area contributed by atoms with Gasteiger partial charge < -0.3 is 34.9 Å². The SMILES string of the molecule is CCOc1cc(NC(C)C(=O)Nc2ccc3c(c2)OCO3)c(OCC)cc1NC(=O)c1ccccc1. The first-order valence-corrected chi connectivity index (χ1v) is 11.8. The zero-order valence-corrected chi connectivity index (χ0v) is 20.4. The first kappa shape index (κ1) is 24.7. The van der Waals surface area contributed by atoms with Gasteiger partial charge in [0.1, 0.15) is 17.5 Å². The summed E-state index contributed by atoms with van der Waals surface area (Å²) in [5, 5.41) is 8.96. The summed E-state index contributed by atoms with van der Waals surface area (Å²) in [7, 11) is 0. The molecule has 0 saturated carbocycles. The summed E-state index contributed by atoms with van der Waals surface area (Å²) in [4.78, 5) is 25.6. The Morgan fingerprint density at radius 1 is 0.861 bits per heavy atom. The molecule has 0 saturated heterocycles. The molecule has 0 bridgehead atoms. The molecule has 1 atom stereocenters. The highest BCUT2D eigenvalue weighted by molar-refractivity contribution is 6.05. The molecule has 9 heteroatoms. The molecule has 1 aliphatic heterocycles. The minimum absolute atomic E-state index is 0.162. The van der Waals surface area contributed by atoms with Gasteiger partial charge in [0.2, 0.25) is 12.7 Å². The van der Waals surface area contributed by atoms with E-state index >= 15 is 0 Å². The summed E-state index contributed by atoms with van der Waals surface area (Å²) < 4.78 is 22.3. The number of ether oxygens (including phenoxy) is 4. The van der Waals surface area contributed by atoms with Crippen molar-refractivity contribution >= 4 is 28.9 Å². The fourth-order valence-electron chi connectivity index (χ4n) is 3.63. The van der Waals surface area contributed by atoms with Crippen LogP contribution in [0, 0.1) is 0 Å². The third kappa shape index (κ3) is 5.80. The number of fused-ring (bicyclic) bond motifs is 1. The predicted molar refractivity (Wildman–Crippen MR) is 137 cm³/mol. The van der Waals surface area contributed by atoms with Crippen molar-refractivity contribution < 1.29 is 28.5 Å².